The number of amidine groups is 2. The second-order valence-corrected chi connectivity index (χ2v) is 24.3. The number of likely N-dealkylation sites (N-methyl/N-ethyl adjacent to an activating group) is 2. The maximum absolute atomic E-state index is 13.8. The highest BCUT2D eigenvalue weighted by Crippen LogP contribution is 2.30. The molecule has 5 aliphatic rings. The van der Waals surface area contributed by atoms with Crippen LogP contribution in [0.1, 0.15) is 51.1 Å². The van der Waals surface area contributed by atoms with Crippen LogP contribution in [0.4, 0.5) is 0 Å². The Labute approximate surface area is 455 Å². The van der Waals surface area contributed by atoms with Gasteiger partial charge >= 0.3 is 5.97 Å². The third kappa shape index (κ3) is 10.9. The van der Waals surface area contributed by atoms with E-state index in [0.717, 1.165) is 66.0 Å². The summed E-state index contributed by atoms with van der Waals surface area (Å²) in [5.74, 6) is -0.500. The third-order valence-electron chi connectivity index (χ3n) is 14.7. The molecule has 404 valence electrons. The molecule has 0 radical (unpaired) electrons. The van der Waals surface area contributed by atoms with Crippen molar-refractivity contribution >= 4 is 100 Å². The predicted octanol–water partition coefficient (Wildman–Crippen LogP) is 5.15. The molecule has 6 aromatic rings. The number of nitrogens with zero attached hydrogens (tertiary/aromatic N) is 9. The van der Waals surface area contributed by atoms with Crippen molar-refractivity contribution in [3.05, 3.63) is 129 Å². The van der Waals surface area contributed by atoms with Gasteiger partial charge in [-0.15, -0.1) is 0 Å². The Morgan fingerprint density at radius 3 is 1.39 bits per heavy atom. The van der Waals surface area contributed by atoms with Gasteiger partial charge in [-0.2, -0.15) is 8.61 Å². The number of rotatable bonds is 10. The van der Waals surface area contributed by atoms with Crippen molar-refractivity contribution in [2.45, 2.75) is 41.4 Å². The Kier molecular flexibility index (Phi) is 15.2. The van der Waals surface area contributed by atoms with E-state index in [1.165, 1.54) is 15.3 Å². The van der Waals surface area contributed by atoms with Gasteiger partial charge in [0.25, 0.3) is 31.9 Å². The Hall–Kier alpha value is -6.82. The minimum atomic E-state index is -4.02. The average Bonchev–Trinajstić information content (AvgIpc) is 4.28. The molecule has 20 nitrogen and oxygen atoms in total. The molecular weight excluding hydrogens is 1070 g/mol. The quantitative estimate of drug-likeness (QED) is 0.162. The molecule has 11 rings (SSSR count). The van der Waals surface area contributed by atoms with Gasteiger partial charge in [0.15, 0.2) is 0 Å². The van der Waals surface area contributed by atoms with Crippen LogP contribution in [-0.4, -0.2) is 205 Å². The van der Waals surface area contributed by atoms with E-state index in [1.807, 2.05) is 31.1 Å². The summed E-state index contributed by atoms with van der Waals surface area (Å²) in [5, 5.41) is 12.1. The van der Waals surface area contributed by atoms with E-state index in [2.05, 4.69) is 24.9 Å². The smallest absolute Gasteiger partial charge is 0.327 e. The number of carboxylic acid groups (broad SMARTS) is 1. The molecule has 4 aromatic carbocycles. The first-order valence-corrected chi connectivity index (χ1v) is 28.9. The number of hydrogen-bond acceptors (Lipinski definition) is 12. The van der Waals surface area contributed by atoms with Gasteiger partial charge in [-0.25, -0.2) is 21.6 Å². The van der Waals surface area contributed by atoms with Gasteiger partial charge in [0.1, 0.15) is 33.8 Å². The van der Waals surface area contributed by atoms with Crippen molar-refractivity contribution in [1.82, 2.24) is 43.1 Å². The molecule has 5 aliphatic heterocycles. The molecule has 3 amide bonds. The number of H-pyrrole nitrogens is 2. The second kappa shape index (κ2) is 21.9. The molecule has 24 heteroatoms. The number of carboxylic acids is 1. The number of aliphatic imine (C=N–C) groups is 2. The number of hydrogen-bond donors (Lipinski definition) is 3. The molecule has 77 heavy (non-hydrogen) atoms. The molecule has 0 spiro atoms. The lowest BCUT2D eigenvalue weighted by molar-refractivity contribution is -0.143. The van der Waals surface area contributed by atoms with Crippen molar-refractivity contribution in [2.24, 2.45) is 9.98 Å². The lowest BCUT2D eigenvalue weighted by Gasteiger charge is -2.42. The first-order chi connectivity index (χ1) is 36.9. The predicted molar refractivity (Wildman–Crippen MR) is 293 cm³/mol. The topological polar surface area (TPSA) is 236 Å². The Bertz CT molecular complexity index is 3560. The number of aliphatic carboxylic acids is 1. The number of fused-ring (bicyclic) bond motifs is 2. The Morgan fingerprint density at radius 1 is 0.545 bits per heavy atom. The molecule has 3 fully saturated rings. The van der Waals surface area contributed by atoms with Gasteiger partial charge in [0.05, 0.1) is 13.1 Å². The minimum Gasteiger partial charge on any atom is -0.480 e. The number of carbonyl (C=O) groups is 4. The van der Waals surface area contributed by atoms with E-state index >= 15 is 0 Å². The number of benzene rings is 4. The van der Waals surface area contributed by atoms with Crippen LogP contribution in [0.3, 0.4) is 0 Å². The molecule has 0 aliphatic carbocycles. The number of piperazine rings is 2. The number of likely N-dealkylation sites (tertiary alicyclic amines) is 1. The summed E-state index contributed by atoms with van der Waals surface area (Å²) < 4.78 is 56.5. The maximum atomic E-state index is 13.8. The minimum absolute atomic E-state index is 0.0341. The number of nitrogens with one attached hydrogen (secondary N) is 2. The number of halogens is 2. The van der Waals surface area contributed by atoms with E-state index in [4.69, 9.17) is 23.2 Å². The fourth-order valence-corrected chi connectivity index (χ4v) is 13.7. The number of aromatic nitrogens is 2. The molecule has 2 unspecified atom stereocenters. The van der Waals surface area contributed by atoms with Crippen LogP contribution in [0.15, 0.2) is 117 Å². The number of sulfonamides is 2. The lowest BCUT2D eigenvalue weighted by atomic mass is 10.0. The van der Waals surface area contributed by atoms with E-state index in [0.29, 0.717) is 62.6 Å². The summed E-state index contributed by atoms with van der Waals surface area (Å²) in [6, 6.07) is 25.0. The Balaban J connectivity index is 0.000000176. The standard InChI is InChI=1S/C29H33ClN6O4S.C24H24ClN5O5S/c1-33-14-11-31-27(33)20-5-7-21(8-6-20)28(37)36-16-15-35(19-25(36)29(38)34-12-3-2-4-13-34)41(39,40)26-18-22-17-23(30)9-10-24(22)32-26;1-28-9-8-26-22(28)15-2-4-16(5-3-15)23(31)30-11-10-29(14-20(30)24(32)33)36(34,35)21-13-17-12-18(25)6-7-19(17)27-21/h5-10,17-18,25,32H,2-4,11-16,19H2,1H3;2-7,12-13,20,27H,8-11,14H2,1H3,(H,32,33). The number of piperidine rings is 1. The average molecular weight is 1130 g/mol. The van der Waals surface area contributed by atoms with Gasteiger partial charge < -0.3 is 39.6 Å². The Morgan fingerprint density at radius 2 is 0.974 bits per heavy atom. The first kappa shape index (κ1) is 53.6. The lowest BCUT2D eigenvalue weighted by Crippen LogP contribution is -2.62. The van der Waals surface area contributed by atoms with E-state index < -0.39 is 44.0 Å². The SMILES string of the molecule is CN1CCN=C1c1ccc(C(=O)N2CCN(S(=O)(=O)c3cc4cc(Cl)ccc4[nH]3)CC2C(=O)N2CCCCC2)cc1.CN1CCN=C1c1ccc(C(=O)N2CCN(S(=O)(=O)c3cc4cc(Cl)ccc4[nH]3)CC2C(=O)O)cc1. The van der Waals surface area contributed by atoms with E-state index in [9.17, 15) is 41.1 Å². The van der Waals surface area contributed by atoms with Crippen LogP contribution in [0, 0.1) is 0 Å². The normalized spacial score (nSPS) is 19.8. The summed E-state index contributed by atoms with van der Waals surface area (Å²) >= 11 is 12.1. The van der Waals surface area contributed by atoms with E-state index in [-0.39, 0.29) is 61.1 Å². The van der Waals surface area contributed by atoms with Crippen molar-refractivity contribution in [1.29, 1.82) is 0 Å². The monoisotopic (exact) mass is 1130 g/mol. The largest absolute Gasteiger partial charge is 0.480 e. The molecular formula is C53H57Cl2N11O9S2. The highest BCUT2D eigenvalue weighted by Gasteiger charge is 2.43. The first-order valence-electron chi connectivity index (χ1n) is 25.3. The summed E-state index contributed by atoms with van der Waals surface area (Å²) in [4.78, 5) is 76.4. The summed E-state index contributed by atoms with van der Waals surface area (Å²) in [6.07, 6.45) is 2.84. The van der Waals surface area contributed by atoms with Gasteiger partial charge in [-0.3, -0.25) is 24.4 Å². The van der Waals surface area contributed by atoms with Gasteiger partial charge in [0, 0.05) is 134 Å². The molecule has 2 aromatic heterocycles. The van der Waals surface area contributed by atoms with Crippen LogP contribution >= 0.6 is 23.2 Å². The zero-order valence-electron chi connectivity index (χ0n) is 42.3. The van der Waals surface area contributed by atoms with Gasteiger partial charge in [-0.1, -0.05) is 47.5 Å². The molecule has 7 heterocycles. The summed E-state index contributed by atoms with van der Waals surface area (Å²) in [7, 11) is -4.05. The maximum Gasteiger partial charge on any atom is 0.327 e. The molecule has 3 N–H and O–H groups in total. The molecule has 0 saturated carbocycles. The highest BCUT2D eigenvalue weighted by molar-refractivity contribution is 7.89. The van der Waals surface area contributed by atoms with Gasteiger partial charge in [-0.05, 0) is 92.1 Å². The zero-order valence-corrected chi connectivity index (χ0v) is 45.5. The van der Waals surface area contributed by atoms with Crippen LogP contribution in [0.2, 0.25) is 10.0 Å². The fourth-order valence-electron chi connectivity index (χ4n) is 10.4. The van der Waals surface area contributed by atoms with Crippen LogP contribution in [0.25, 0.3) is 21.8 Å². The third-order valence-corrected chi connectivity index (χ3v) is 18.7. The summed E-state index contributed by atoms with van der Waals surface area (Å²) in [6.45, 7) is 3.97. The number of amides is 3. The van der Waals surface area contributed by atoms with Crippen molar-refractivity contribution in [3.63, 3.8) is 0 Å². The van der Waals surface area contributed by atoms with Crippen molar-refractivity contribution < 1.29 is 41.1 Å². The second-order valence-electron chi connectivity index (χ2n) is 19.6. The molecule has 0 bridgehead atoms. The molecule has 3 saturated heterocycles. The number of carbonyl (C=O) groups excluding carboxylic acids is 3. The zero-order chi connectivity index (χ0) is 54.3. The number of aromatic amines is 2. The van der Waals surface area contributed by atoms with Crippen molar-refractivity contribution in [2.75, 3.05) is 92.6 Å². The van der Waals surface area contributed by atoms with Crippen LogP contribution < -0.4 is 0 Å². The molecule has 2 atom stereocenters. The van der Waals surface area contributed by atoms with Crippen molar-refractivity contribution in [3.8, 4) is 0 Å². The van der Waals surface area contributed by atoms with Crippen LogP contribution in [0.5, 0.6) is 0 Å². The van der Waals surface area contributed by atoms with Crippen LogP contribution in [-0.2, 0) is 29.6 Å². The van der Waals surface area contributed by atoms with Gasteiger partial charge in [0.2, 0.25) is 5.91 Å². The highest BCUT2D eigenvalue weighted by atomic mass is 35.5. The van der Waals surface area contributed by atoms with E-state index in [1.54, 1.807) is 88.7 Å². The fraction of sp³-hybridized carbons (Fsp3) is 0.358. The summed E-state index contributed by atoms with van der Waals surface area (Å²) in [5.41, 5.74) is 3.83.